The van der Waals surface area contributed by atoms with Crippen LogP contribution in [0.2, 0.25) is 0 Å². The van der Waals surface area contributed by atoms with Crippen molar-refractivity contribution in [1.82, 2.24) is 4.90 Å². The van der Waals surface area contributed by atoms with E-state index in [1.54, 1.807) is 24.1 Å². The van der Waals surface area contributed by atoms with Gasteiger partial charge in [-0.15, -0.1) is 0 Å². The smallest absolute Gasteiger partial charge is 0.260 e. The lowest BCUT2D eigenvalue weighted by molar-refractivity contribution is -0.135. The second-order valence-electron chi connectivity index (χ2n) is 8.27. The van der Waals surface area contributed by atoms with E-state index in [1.807, 2.05) is 43.3 Å². The maximum atomic E-state index is 13.2. The second kappa shape index (κ2) is 10.3. The van der Waals surface area contributed by atoms with Crippen molar-refractivity contribution in [2.24, 2.45) is 0 Å². The van der Waals surface area contributed by atoms with E-state index < -0.39 is 0 Å². The Labute approximate surface area is 189 Å². The van der Waals surface area contributed by atoms with Crippen LogP contribution < -0.4 is 15.0 Å². The number of carbonyl (C=O) groups is 3. The first-order valence-electron chi connectivity index (χ1n) is 11.0. The summed E-state index contributed by atoms with van der Waals surface area (Å²) in [7, 11) is 1.59. The molecule has 0 radical (unpaired) electrons. The molecule has 3 amide bonds. The Kier molecular flexibility index (Phi) is 7.51. The minimum absolute atomic E-state index is 0.109. The molecule has 7 heteroatoms. The number of ether oxygens (including phenoxy) is 1. The first kappa shape index (κ1) is 23.3. The van der Waals surface area contributed by atoms with E-state index in [-0.39, 0.29) is 43.3 Å². The van der Waals surface area contributed by atoms with Gasteiger partial charge in [-0.25, -0.2) is 0 Å². The van der Waals surface area contributed by atoms with Crippen molar-refractivity contribution in [2.75, 3.05) is 30.4 Å². The van der Waals surface area contributed by atoms with E-state index in [9.17, 15) is 14.4 Å². The van der Waals surface area contributed by atoms with Crippen LogP contribution in [0.15, 0.2) is 48.5 Å². The predicted molar refractivity (Wildman–Crippen MR) is 125 cm³/mol. The molecular weight excluding hydrogens is 406 g/mol. The van der Waals surface area contributed by atoms with Crippen LogP contribution in [0.5, 0.6) is 5.75 Å². The Morgan fingerprint density at radius 1 is 1.19 bits per heavy atom. The molecule has 7 nitrogen and oxygen atoms in total. The lowest BCUT2D eigenvalue weighted by atomic mass is 9.98. The fraction of sp³-hybridized carbons (Fsp3) is 0.400. The van der Waals surface area contributed by atoms with Crippen LogP contribution >= 0.6 is 0 Å². The van der Waals surface area contributed by atoms with Crippen LogP contribution in [-0.2, 0) is 14.4 Å². The van der Waals surface area contributed by atoms with E-state index in [0.717, 1.165) is 12.0 Å². The Morgan fingerprint density at radius 3 is 2.62 bits per heavy atom. The summed E-state index contributed by atoms with van der Waals surface area (Å²) in [6, 6.07) is 14.6. The molecule has 2 aromatic rings. The van der Waals surface area contributed by atoms with E-state index in [0.29, 0.717) is 23.0 Å². The number of anilines is 2. The highest BCUT2D eigenvalue weighted by Gasteiger charge is 2.30. The molecule has 2 atom stereocenters. The van der Waals surface area contributed by atoms with Gasteiger partial charge in [0.2, 0.25) is 11.8 Å². The summed E-state index contributed by atoms with van der Waals surface area (Å²) in [5.41, 5.74) is 2.29. The van der Waals surface area contributed by atoms with E-state index in [1.165, 1.54) is 4.90 Å². The molecule has 1 N–H and O–H groups in total. The molecule has 0 fully saturated rings. The third kappa shape index (κ3) is 5.28. The summed E-state index contributed by atoms with van der Waals surface area (Å²) >= 11 is 0. The Balaban J connectivity index is 1.67. The molecule has 0 unspecified atom stereocenters. The molecule has 3 rings (SSSR count). The number of rotatable bonds is 7. The summed E-state index contributed by atoms with van der Waals surface area (Å²) in [5.74, 6) is 0.328. The summed E-state index contributed by atoms with van der Waals surface area (Å²) in [6.45, 7) is 5.80. The third-order valence-electron chi connectivity index (χ3n) is 5.84. The van der Waals surface area contributed by atoms with Crippen LogP contribution in [0, 0.1) is 0 Å². The van der Waals surface area contributed by atoms with Crippen molar-refractivity contribution in [3.63, 3.8) is 0 Å². The fourth-order valence-electron chi connectivity index (χ4n) is 3.82. The van der Waals surface area contributed by atoms with Crippen LogP contribution in [0.25, 0.3) is 0 Å². The molecule has 0 bridgehead atoms. The van der Waals surface area contributed by atoms with Crippen molar-refractivity contribution in [3.8, 4) is 5.75 Å². The van der Waals surface area contributed by atoms with Gasteiger partial charge in [-0.05, 0) is 43.0 Å². The van der Waals surface area contributed by atoms with Gasteiger partial charge < -0.3 is 19.9 Å². The molecule has 170 valence electrons. The number of carbonyl (C=O) groups excluding carboxylic acids is 3. The summed E-state index contributed by atoms with van der Waals surface area (Å²) in [4.78, 5) is 41.0. The average molecular weight is 438 g/mol. The van der Waals surface area contributed by atoms with Gasteiger partial charge in [-0.2, -0.15) is 0 Å². The topological polar surface area (TPSA) is 79.0 Å². The first-order valence-corrected chi connectivity index (χ1v) is 11.0. The first-order chi connectivity index (χ1) is 15.3. The molecule has 0 saturated heterocycles. The molecule has 0 aromatic heterocycles. The molecule has 1 aliphatic rings. The van der Waals surface area contributed by atoms with Crippen LogP contribution in [0.4, 0.5) is 11.4 Å². The molecule has 1 heterocycles. The van der Waals surface area contributed by atoms with Crippen LogP contribution in [0.3, 0.4) is 0 Å². The molecule has 0 spiro atoms. The van der Waals surface area contributed by atoms with E-state index in [4.69, 9.17) is 4.74 Å². The minimum atomic E-state index is -0.326. The fourth-order valence-corrected chi connectivity index (χ4v) is 3.82. The van der Waals surface area contributed by atoms with Crippen LogP contribution in [-0.4, -0.2) is 48.9 Å². The molecule has 0 saturated carbocycles. The van der Waals surface area contributed by atoms with Gasteiger partial charge in [0.15, 0.2) is 6.61 Å². The molecule has 1 aliphatic heterocycles. The number of amides is 3. The zero-order chi connectivity index (χ0) is 23.3. The standard InChI is InChI=1S/C25H31N3O4/c1-5-17(2)19-10-6-9-13-22(19)32-16-25(31)27(4)15-24(30)28-18(3)14-23(29)26-20-11-7-8-12-21(20)28/h6-13,17-18H,5,14-16H2,1-4H3,(H,26,29)/t17-,18+/m1/s1. The van der Waals surface area contributed by atoms with Gasteiger partial charge in [0, 0.05) is 19.5 Å². The third-order valence-corrected chi connectivity index (χ3v) is 5.84. The van der Waals surface area contributed by atoms with Gasteiger partial charge >= 0.3 is 0 Å². The molecule has 0 aliphatic carbocycles. The second-order valence-corrected chi connectivity index (χ2v) is 8.27. The van der Waals surface area contributed by atoms with E-state index >= 15 is 0 Å². The number of likely N-dealkylation sites (N-methyl/N-ethyl adjacent to an activating group) is 1. The summed E-state index contributed by atoms with van der Waals surface area (Å²) < 4.78 is 5.81. The van der Waals surface area contributed by atoms with Crippen molar-refractivity contribution in [1.29, 1.82) is 0 Å². The van der Waals surface area contributed by atoms with Crippen molar-refractivity contribution in [3.05, 3.63) is 54.1 Å². The number of nitrogens with zero attached hydrogens (tertiary/aromatic N) is 2. The Hall–Kier alpha value is -3.35. The highest BCUT2D eigenvalue weighted by Crippen LogP contribution is 2.31. The zero-order valence-corrected chi connectivity index (χ0v) is 19.1. The normalized spacial score (nSPS) is 16.4. The Morgan fingerprint density at radius 2 is 1.88 bits per heavy atom. The van der Waals surface area contributed by atoms with Gasteiger partial charge in [0.05, 0.1) is 17.9 Å². The number of nitrogens with one attached hydrogen (secondary N) is 1. The number of benzene rings is 2. The Bertz CT molecular complexity index is 991. The highest BCUT2D eigenvalue weighted by atomic mass is 16.5. The summed E-state index contributed by atoms with van der Waals surface area (Å²) in [5, 5.41) is 2.84. The molecular formula is C25H31N3O4. The highest BCUT2D eigenvalue weighted by molar-refractivity contribution is 6.05. The molecule has 2 aromatic carbocycles. The van der Waals surface area contributed by atoms with E-state index in [2.05, 4.69) is 19.2 Å². The number of hydrogen-bond donors (Lipinski definition) is 1. The van der Waals surface area contributed by atoms with Gasteiger partial charge in [-0.1, -0.05) is 44.2 Å². The van der Waals surface area contributed by atoms with Crippen molar-refractivity contribution < 1.29 is 19.1 Å². The maximum absolute atomic E-state index is 13.2. The number of para-hydroxylation sites is 3. The van der Waals surface area contributed by atoms with Crippen molar-refractivity contribution in [2.45, 2.75) is 45.6 Å². The SMILES string of the molecule is CC[C@@H](C)c1ccccc1OCC(=O)N(C)CC(=O)N1c2ccccc2NC(=O)C[C@@H]1C. The van der Waals surface area contributed by atoms with Crippen LogP contribution in [0.1, 0.15) is 45.1 Å². The van der Waals surface area contributed by atoms with Crippen molar-refractivity contribution >= 4 is 29.1 Å². The number of hydrogen-bond acceptors (Lipinski definition) is 4. The maximum Gasteiger partial charge on any atom is 0.260 e. The zero-order valence-electron chi connectivity index (χ0n) is 19.1. The number of fused-ring (bicyclic) bond motifs is 1. The predicted octanol–water partition coefficient (Wildman–Crippen LogP) is 3.80. The summed E-state index contributed by atoms with van der Waals surface area (Å²) in [6.07, 6.45) is 1.16. The van der Waals surface area contributed by atoms with Gasteiger partial charge in [0.25, 0.3) is 5.91 Å². The average Bonchev–Trinajstić information content (AvgIpc) is 2.90. The monoisotopic (exact) mass is 437 g/mol. The largest absolute Gasteiger partial charge is 0.483 e. The lowest BCUT2D eigenvalue weighted by Gasteiger charge is -2.29. The van der Waals surface area contributed by atoms with Gasteiger partial charge in [0.1, 0.15) is 5.75 Å². The quantitative estimate of drug-likeness (QED) is 0.715. The van der Waals surface area contributed by atoms with Gasteiger partial charge in [-0.3, -0.25) is 14.4 Å². The minimum Gasteiger partial charge on any atom is -0.483 e. The molecule has 32 heavy (non-hydrogen) atoms. The lowest BCUT2D eigenvalue weighted by Crippen LogP contribution is -2.46.